The van der Waals surface area contributed by atoms with E-state index in [-0.39, 0.29) is 34.1 Å². The van der Waals surface area contributed by atoms with Crippen molar-refractivity contribution in [1.82, 2.24) is 5.32 Å². The smallest absolute Gasteiger partial charge is 0.251 e. The molecule has 1 saturated carbocycles. The van der Waals surface area contributed by atoms with E-state index in [1.807, 2.05) is 0 Å². The highest BCUT2D eigenvalue weighted by Gasteiger charge is 2.32. The quantitative estimate of drug-likeness (QED) is 0.891. The van der Waals surface area contributed by atoms with Gasteiger partial charge in [-0.25, -0.2) is 4.39 Å². The molecule has 6 heteroatoms. The van der Waals surface area contributed by atoms with Crippen LogP contribution in [-0.4, -0.2) is 18.0 Å². The van der Waals surface area contributed by atoms with Gasteiger partial charge in [0.15, 0.2) is 0 Å². The number of halogens is 3. The average molecular weight is 338 g/mol. The lowest BCUT2D eigenvalue weighted by Gasteiger charge is -2.38. The Balaban J connectivity index is 0.00000162. The Morgan fingerprint density at radius 1 is 1.50 bits per heavy atom. The summed E-state index contributed by atoms with van der Waals surface area (Å²) in [7, 11) is 0. The molecule has 0 spiro atoms. The molecular formula is C12H15BrClFN2O. The van der Waals surface area contributed by atoms with Crippen molar-refractivity contribution in [1.29, 1.82) is 0 Å². The molecule has 1 fully saturated rings. The monoisotopic (exact) mass is 336 g/mol. The maximum atomic E-state index is 13.0. The lowest BCUT2D eigenvalue weighted by atomic mass is 9.78. The summed E-state index contributed by atoms with van der Waals surface area (Å²) in [5.41, 5.74) is 6.19. The van der Waals surface area contributed by atoms with Crippen LogP contribution in [0.3, 0.4) is 0 Å². The number of benzene rings is 1. The molecule has 3 nitrogen and oxygen atoms in total. The molecule has 2 rings (SSSR count). The Morgan fingerprint density at radius 2 is 2.17 bits per heavy atom. The molecule has 1 aliphatic carbocycles. The van der Waals surface area contributed by atoms with Gasteiger partial charge >= 0.3 is 0 Å². The lowest BCUT2D eigenvalue weighted by Crippen LogP contribution is -2.54. The molecule has 0 radical (unpaired) electrons. The van der Waals surface area contributed by atoms with Gasteiger partial charge in [0.05, 0.1) is 4.47 Å². The van der Waals surface area contributed by atoms with Gasteiger partial charge in [0.25, 0.3) is 5.91 Å². The molecule has 3 N–H and O–H groups in total. The van der Waals surface area contributed by atoms with Gasteiger partial charge in [0.2, 0.25) is 0 Å². The van der Waals surface area contributed by atoms with Crippen LogP contribution in [0, 0.1) is 5.82 Å². The summed E-state index contributed by atoms with van der Waals surface area (Å²) in [6.07, 6.45) is 3.01. The van der Waals surface area contributed by atoms with E-state index in [1.54, 1.807) is 0 Å². The van der Waals surface area contributed by atoms with Crippen LogP contribution in [0.5, 0.6) is 0 Å². The van der Waals surface area contributed by atoms with Gasteiger partial charge in [-0.15, -0.1) is 12.4 Å². The molecule has 0 aliphatic heterocycles. The van der Waals surface area contributed by atoms with Crippen molar-refractivity contribution in [2.45, 2.75) is 24.8 Å². The van der Waals surface area contributed by atoms with Crippen LogP contribution in [-0.2, 0) is 0 Å². The zero-order valence-corrected chi connectivity index (χ0v) is 12.1. The maximum Gasteiger partial charge on any atom is 0.251 e. The minimum absolute atomic E-state index is 0. The van der Waals surface area contributed by atoms with E-state index in [4.69, 9.17) is 5.73 Å². The molecule has 100 valence electrons. The number of carbonyl (C=O) groups excluding carboxylic acids is 1. The highest BCUT2D eigenvalue weighted by atomic mass is 79.9. The van der Waals surface area contributed by atoms with E-state index in [0.717, 1.165) is 19.3 Å². The van der Waals surface area contributed by atoms with E-state index in [9.17, 15) is 9.18 Å². The predicted molar refractivity (Wildman–Crippen MR) is 74.5 cm³/mol. The van der Waals surface area contributed by atoms with Crippen molar-refractivity contribution in [3.8, 4) is 0 Å². The molecule has 0 heterocycles. The minimum Gasteiger partial charge on any atom is -0.350 e. The topological polar surface area (TPSA) is 55.1 Å². The van der Waals surface area contributed by atoms with E-state index >= 15 is 0 Å². The van der Waals surface area contributed by atoms with Crippen LogP contribution in [0.15, 0.2) is 22.7 Å². The number of amides is 1. The van der Waals surface area contributed by atoms with Gasteiger partial charge in [-0.05, 0) is 53.4 Å². The molecule has 0 bridgehead atoms. The number of nitrogens with one attached hydrogen (secondary N) is 1. The first-order chi connectivity index (χ1) is 8.00. The van der Waals surface area contributed by atoms with Crippen LogP contribution in [0.1, 0.15) is 29.6 Å². The third kappa shape index (κ3) is 3.43. The molecular weight excluding hydrogens is 323 g/mol. The molecule has 18 heavy (non-hydrogen) atoms. The van der Waals surface area contributed by atoms with Crippen molar-refractivity contribution >= 4 is 34.2 Å². The predicted octanol–water partition coefficient (Wildman–Crippen LogP) is 2.62. The van der Waals surface area contributed by atoms with Crippen molar-refractivity contribution < 1.29 is 9.18 Å². The Kier molecular flexibility index (Phi) is 5.13. The zero-order chi connectivity index (χ0) is 12.5. The van der Waals surface area contributed by atoms with Gasteiger partial charge in [0, 0.05) is 17.6 Å². The van der Waals surface area contributed by atoms with Crippen molar-refractivity contribution in [2.75, 3.05) is 6.54 Å². The van der Waals surface area contributed by atoms with E-state index in [0.29, 0.717) is 12.1 Å². The SMILES string of the molecule is Cl.NC1(CNC(=O)c2ccc(F)c(Br)c2)CCC1. The summed E-state index contributed by atoms with van der Waals surface area (Å²) in [6.45, 7) is 0.473. The fraction of sp³-hybridized carbons (Fsp3) is 0.417. The van der Waals surface area contributed by atoms with Crippen molar-refractivity contribution in [3.05, 3.63) is 34.1 Å². The summed E-state index contributed by atoms with van der Waals surface area (Å²) in [6, 6.07) is 4.19. The highest BCUT2D eigenvalue weighted by Crippen LogP contribution is 2.28. The van der Waals surface area contributed by atoms with Gasteiger partial charge in [-0.3, -0.25) is 4.79 Å². The Labute approximate surface area is 120 Å². The second-order valence-electron chi connectivity index (χ2n) is 4.53. The number of hydrogen-bond acceptors (Lipinski definition) is 2. The fourth-order valence-electron chi connectivity index (χ4n) is 1.80. The second-order valence-corrected chi connectivity index (χ2v) is 5.38. The van der Waals surface area contributed by atoms with Crippen molar-refractivity contribution in [2.24, 2.45) is 5.73 Å². The first-order valence-electron chi connectivity index (χ1n) is 5.52. The normalized spacial score (nSPS) is 16.4. The van der Waals surface area contributed by atoms with E-state index < -0.39 is 0 Å². The molecule has 0 aromatic heterocycles. The zero-order valence-electron chi connectivity index (χ0n) is 9.71. The molecule has 1 aliphatic rings. The standard InChI is InChI=1S/C12H14BrFN2O.ClH/c13-9-6-8(2-3-10(9)14)11(17)16-7-12(15)4-1-5-12;/h2-3,6H,1,4-5,7,15H2,(H,16,17);1H. The summed E-state index contributed by atoms with van der Waals surface area (Å²) >= 11 is 3.05. The molecule has 1 aromatic carbocycles. The average Bonchev–Trinajstić information content (AvgIpc) is 2.27. The number of nitrogens with two attached hydrogens (primary N) is 1. The second kappa shape index (κ2) is 5.99. The summed E-state index contributed by atoms with van der Waals surface area (Å²) in [5.74, 6) is -0.599. The number of carbonyl (C=O) groups is 1. The Morgan fingerprint density at radius 3 is 2.67 bits per heavy atom. The minimum atomic E-state index is -0.379. The molecule has 1 aromatic rings. The summed E-state index contributed by atoms with van der Waals surface area (Å²) in [4.78, 5) is 11.8. The van der Waals surface area contributed by atoms with Crippen LogP contribution in [0.2, 0.25) is 0 Å². The summed E-state index contributed by atoms with van der Waals surface area (Å²) in [5, 5.41) is 2.78. The first kappa shape index (κ1) is 15.4. The maximum absolute atomic E-state index is 13.0. The fourth-order valence-corrected chi connectivity index (χ4v) is 2.18. The highest BCUT2D eigenvalue weighted by molar-refractivity contribution is 9.10. The van der Waals surface area contributed by atoms with Crippen LogP contribution >= 0.6 is 28.3 Å². The van der Waals surface area contributed by atoms with E-state index in [2.05, 4.69) is 21.2 Å². The van der Waals surface area contributed by atoms with Gasteiger partial charge < -0.3 is 11.1 Å². The van der Waals surface area contributed by atoms with Crippen LogP contribution in [0.25, 0.3) is 0 Å². The molecule has 0 atom stereocenters. The third-order valence-electron chi connectivity index (χ3n) is 3.13. The summed E-state index contributed by atoms with van der Waals surface area (Å²) < 4.78 is 13.3. The molecule has 0 saturated heterocycles. The van der Waals surface area contributed by atoms with E-state index in [1.165, 1.54) is 18.2 Å². The third-order valence-corrected chi connectivity index (χ3v) is 3.74. The van der Waals surface area contributed by atoms with Gasteiger partial charge in [0.1, 0.15) is 5.82 Å². The van der Waals surface area contributed by atoms with Crippen molar-refractivity contribution in [3.63, 3.8) is 0 Å². The number of hydrogen-bond donors (Lipinski definition) is 2. The number of rotatable bonds is 3. The Hall–Kier alpha value is -0.650. The van der Waals surface area contributed by atoms with Crippen LogP contribution in [0.4, 0.5) is 4.39 Å². The first-order valence-corrected chi connectivity index (χ1v) is 6.32. The lowest BCUT2D eigenvalue weighted by molar-refractivity contribution is 0.0929. The largest absolute Gasteiger partial charge is 0.350 e. The Bertz CT molecular complexity index is 452. The van der Waals surface area contributed by atoms with Crippen LogP contribution < -0.4 is 11.1 Å². The van der Waals surface area contributed by atoms with Gasteiger partial charge in [-0.2, -0.15) is 0 Å². The van der Waals surface area contributed by atoms with Gasteiger partial charge in [-0.1, -0.05) is 0 Å². The molecule has 1 amide bonds. The molecule has 0 unspecified atom stereocenters.